The summed E-state index contributed by atoms with van der Waals surface area (Å²) in [5.41, 5.74) is 8.25. The summed E-state index contributed by atoms with van der Waals surface area (Å²) in [5.74, 6) is 0. The zero-order valence-corrected chi connectivity index (χ0v) is 9.44. The van der Waals surface area contributed by atoms with Gasteiger partial charge in [0, 0.05) is 6.54 Å². The van der Waals surface area contributed by atoms with Crippen LogP contribution in [0.3, 0.4) is 0 Å². The molecule has 0 saturated heterocycles. The molecule has 15 heavy (non-hydrogen) atoms. The number of rotatable bonds is 4. The van der Waals surface area contributed by atoms with Crippen molar-refractivity contribution in [1.82, 2.24) is 15.0 Å². The van der Waals surface area contributed by atoms with E-state index in [9.17, 15) is 0 Å². The summed E-state index contributed by atoms with van der Waals surface area (Å²) in [5, 5.41) is 12.0. The molecule has 2 aromatic rings. The molecule has 0 spiro atoms. The molecular formula is C10H14N4S. The Hall–Kier alpha value is -1.20. The lowest BCUT2D eigenvalue weighted by atomic mass is 10.1. The molecule has 1 unspecified atom stereocenters. The zero-order valence-electron chi connectivity index (χ0n) is 8.63. The predicted octanol–water partition coefficient (Wildman–Crippen LogP) is 1.80. The first-order chi connectivity index (χ1) is 7.33. The highest BCUT2D eigenvalue weighted by atomic mass is 32.1. The van der Waals surface area contributed by atoms with Crippen molar-refractivity contribution in [2.75, 3.05) is 0 Å². The molecule has 0 amide bonds. The van der Waals surface area contributed by atoms with E-state index >= 15 is 0 Å². The van der Waals surface area contributed by atoms with Crippen molar-refractivity contribution >= 4 is 11.3 Å². The fourth-order valence-corrected chi connectivity index (χ4v) is 2.21. The van der Waals surface area contributed by atoms with E-state index in [-0.39, 0.29) is 6.04 Å². The molecule has 0 fully saturated rings. The first-order valence-electron chi connectivity index (χ1n) is 4.99. The largest absolute Gasteiger partial charge is 0.319 e. The minimum atomic E-state index is -0.113. The zero-order chi connectivity index (χ0) is 10.7. The van der Waals surface area contributed by atoms with Crippen LogP contribution >= 0.6 is 11.3 Å². The molecule has 5 heteroatoms. The third-order valence-corrected chi connectivity index (χ3v) is 3.01. The molecule has 0 aliphatic heterocycles. The van der Waals surface area contributed by atoms with E-state index < -0.39 is 0 Å². The lowest BCUT2D eigenvalue weighted by molar-refractivity contribution is 0.544. The van der Waals surface area contributed by atoms with Gasteiger partial charge in [-0.05, 0) is 28.8 Å². The predicted molar refractivity (Wildman–Crippen MR) is 60.7 cm³/mol. The lowest BCUT2D eigenvalue weighted by Gasteiger charge is -2.11. The van der Waals surface area contributed by atoms with E-state index in [4.69, 9.17) is 5.73 Å². The SMILES string of the molecule is CCCn1nncc1C(N)c1ccsc1. The molecule has 0 saturated carbocycles. The number of nitrogens with two attached hydrogens (primary N) is 1. The van der Waals surface area contributed by atoms with Gasteiger partial charge in [-0.15, -0.1) is 5.10 Å². The van der Waals surface area contributed by atoms with E-state index in [0.29, 0.717) is 0 Å². The van der Waals surface area contributed by atoms with Gasteiger partial charge in [0.15, 0.2) is 0 Å². The van der Waals surface area contributed by atoms with Gasteiger partial charge in [-0.1, -0.05) is 12.1 Å². The number of aryl methyl sites for hydroxylation is 1. The summed E-state index contributed by atoms with van der Waals surface area (Å²) in [6.45, 7) is 2.98. The van der Waals surface area contributed by atoms with Crippen molar-refractivity contribution in [2.45, 2.75) is 25.9 Å². The van der Waals surface area contributed by atoms with Crippen LogP contribution in [0.5, 0.6) is 0 Å². The summed E-state index contributed by atoms with van der Waals surface area (Å²) >= 11 is 1.65. The van der Waals surface area contributed by atoms with E-state index in [0.717, 1.165) is 24.2 Å². The molecule has 4 nitrogen and oxygen atoms in total. The Morgan fingerprint density at radius 3 is 3.13 bits per heavy atom. The van der Waals surface area contributed by atoms with Crippen LogP contribution < -0.4 is 5.73 Å². The highest BCUT2D eigenvalue weighted by molar-refractivity contribution is 7.07. The van der Waals surface area contributed by atoms with Gasteiger partial charge in [-0.2, -0.15) is 11.3 Å². The maximum atomic E-state index is 6.14. The van der Waals surface area contributed by atoms with Gasteiger partial charge in [-0.3, -0.25) is 0 Å². The van der Waals surface area contributed by atoms with Crippen molar-refractivity contribution in [1.29, 1.82) is 0 Å². The van der Waals surface area contributed by atoms with Crippen LogP contribution in [0.15, 0.2) is 23.0 Å². The van der Waals surface area contributed by atoms with Crippen molar-refractivity contribution < 1.29 is 0 Å². The summed E-state index contributed by atoms with van der Waals surface area (Å²) in [7, 11) is 0. The van der Waals surface area contributed by atoms with Gasteiger partial charge < -0.3 is 5.73 Å². The number of nitrogens with zero attached hydrogens (tertiary/aromatic N) is 3. The maximum absolute atomic E-state index is 6.14. The third kappa shape index (κ3) is 2.08. The second-order valence-corrected chi connectivity index (χ2v) is 4.20. The van der Waals surface area contributed by atoms with Gasteiger partial charge >= 0.3 is 0 Å². The minimum absolute atomic E-state index is 0.113. The van der Waals surface area contributed by atoms with Crippen LogP contribution in [-0.2, 0) is 6.54 Å². The molecule has 2 N–H and O–H groups in total. The van der Waals surface area contributed by atoms with E-state index in [1.54, 1.807) is 17.5 Å². The van der Waals surface area contributed by atoms with Crippen LogP contribution in [0, 0.1) is 0 Å². The van der Waals surface area contributed by atoms with Crippen LogP contribution in [-0.4, -0.2) is 15.0 Å². The summed E-state index contributed by atoms with van der Waals surface area (Å²) in [6.07, 6.45) is 2.78. The molecule has 80 valence electrons. The molecule has 1 atom stereocenters. The molecule has 0 bridgehead atoms. The molecule has 0 aliphatic carbocycles. The van der Waals surface area contributed by atoms with Gasteiger partial charge in [-0.25, -0.2) is 4.68 Å². The summed E-state index contributed by atoms with van der Waals surface area (Å²) < 4.78 is 1.88. The Labute approximate surface area is 92.7 Å². The van der Waals surface area contributed by atoms with Crippen LogP contribution in [0.1, 0.15) is 30.6 Å². The molecule has 2 heterocycles. The Morgan fingerprint density at radius 2 is 2.47 bits per heavy atom. The van der Waals surface area contributed by atoms with Crippen molar-refractivity contribution in [3.63, 3.8) is 0 Å². The quantitative estimate of drug-likeness (QED) is 0.858. The van der Waals surface area contributed by atoms with Crippen LogP contribution in [0.2, 0.25) is 0 Å². The summed E-state index contributed by atoms with van der Waals surface area (Å²) in [4.78, 5) is 0. The average molecular weight is 222 g/mol. The van der Waals surface area contributed by atoms with Gasteiger partial charge in [0.1, 0.15) is 0 Å². The Morgan fingerprint density at radius 1 is 1.60 bits per heavy atom. The topological polar surface area (TPSA) is 56.7 Å². The Bertz CT molecular complexity index is 407. The standard InChI is InChI=1S/C10H14N4S/c1-2-4-14-9(6-12-13-14)10(11)8-3-5-15-7-8/h3,5-7,10H,2,4,11H2,1H3. The molecule has 2 rings (SSSR count). The smallest absolute Gasteiger partial charge is 0.0800 e. The first kappa shape index (κ1) is 10.3. The van der Waals surface area contributed by atoms with E-state index in [1.807, 2.05) is 16.1 Å². The number of hydrogen-bond donors (Lipinski definition) is 1. The van der Waals surface area contributed by atoms with Crippen molar-refractivity contribution in [2.24, 2.45) is 5.73 Å². The number of hydrogen-bond acceptors (Lipinski definition) is 4. The molecular weight excluding hydrogens is 208 g/mol. The fraction of sp³-hybridized carbons (Fsp3) is 0.400. The highest BCUT2D eigenvalue weighted by Crippen LogP contribution is 2.20. The Balaban J connectivity index is 2.25. The highest BCUT2D eigenvalue weighted by Gasteiger charge is 2.14. The second-order valence-electron chi connectivity index (χ2n) is 3.42. The molecule has 2 aromatic heterocycles. The molecule has 0 radical (unpaired) electrons. The van der Waals surface area contributed by atoms with E-state index in [1.165, 1.54) is 0 Å². The lowest BCUT2D eigenvalue weighted by Crippen LogP contribution is -2.16. The van der Waals surface area contributed by atoms with Gasteiger partial charge in [0.2, 0.25) is 0 Å². The Kier molecular flexibility index (Phi) is 3.13. The number of aromatic nitrogens is 3. The second kappa shape index (κ2) is 4.55. The van der Waals surface area contributed by atoms with Gasteiger partial charge in [0.05, 0.1) is 17.9 Å². The molecule has 0 aromatic carbocycles. The first-order valence-corrected chi connectivity index (χ1v) is 5.93. The molecule has 0 aliphatic rings. The van der Waals surface area contributed by atoms with E-state index in [2.05, 4.69) is 22.6 Å². The van der Waals surface area contributed by atoms with Crippen molar-refractivity contribution in [3.05, 3.63) is 34.3 Å². The third-order valence-electron chi connectivity index (χ3n) is 2.30. The summed E-state index contributed by atoms with van der Waals surface area (Å²) in [6, 6.07) is 1.93. The van der Waals surface area contributed by atoms with Gasteiger partial charge in [0.25, 0.3) is 0 Å². The minimum Gasteiger partial charge on any atom is -0.319 e. The van der Waals surface area contributed by atoms with Crippen LogP contribution in [0.25, 0.3) is 0 Å². The average Bonchev–Trinajstić information content (AvgIpc) is 2.87. The van der Waals surface area contributed by atoms with Crippen LogP contribution in [0.4, 0.5) is 0 Å². The maximum Gasteiger partial charge on any atom is 0.0800 e. The number of thiophene rings is 1. The fourth-order valence-electron chi connectivity index (χ4n) is 1.51. The van der Waals surface area contributed by atoms with Crippen molar-refractivity contribution in [3.8, 4) is 0 Å². The monoisotopic (exact) mass is 222 g/mol. The normalized spacial score (nSPS) is 12.9.